The molecule has 0 saturated carbocycles. The predicted octanol–water partition coefficient (Wildman–Crippen LogP) is 4.89. The third kappa shape index (κ3) is 5.87. The molecule has 0 bridgehead atoms. The van der Waals surface area contributed by atoms with Gasteiger partial charge in [0.25, 0.3) is 5.91 Å². The Balaban J connectivity index is 2.05. The quantitative estimate of drug-likeness (QED) is 0.192. The maximum absolute atomic E-state index is 12.4. The zero-order valence-corrected chi connectivity index (χ0v) is 21.3. The molecule has 2 aromatic rings. The maximum atomic E-state index is 12.4. The molecule has 11 heteroatoms. The Hall–Kier alpha value is -1.30. The minimum atomic E-state index is -0.563. The van der Waals surface area contributed by atoms with E-state index in [1.54, 1.807) is 18.2 Å². The largest absolute Gasteiger partial charge is 0.506 e. The normalized spacial score (nSPS) is 11.4. The minimum absolute atomic E-state index is 0.0916. The van der Waals surface area contributed by atoms with Crippen molar-refractivity contribution in [2.75, 3.05) is 13.7 Å². The Morgan fingerprint density at radius 2 is 1.69 bits per heavy atom. The zero-order chi connectivity index (χ0) is 21.7. The molecule has 0 aliphatic rings. The number of phenolic OH excluding ortho intramolecular Hbond substituents is 2. The van der Waals surface area contributed by atoms with Crippen LogP contribution in [0.15, 0.2) is 41.2 Å². The lowest BCUT2D eigenvalue weighted by molar-refractivity contribution is -0.115. The van der Waals surface area contributed by atoms with E-state index in [0.29, 0.717) is 35.6 Å². The Bertz CT molecular complexity index is 943. The molecule has 2 rings (SSSR count). The topological polar surface area (TPSA) is 111 Å². The van der Waals surface area contributed by atoms with Crippen LogP contribution in [0.2, 0.25) is 0 Å². The number of benzene rings is 2. The lowest BCUT2D eigenvalue weighted by atomic mass is 10.1. The molecule has 0 unspecified atom stereocenters. The highest BCUT2D eigenvalue weighted by molar-refractivity contribution is 9.11. The molecule has 0 atom stereocenters. The molecule has 0 fully saturated rings. The van der Waals surface area contributed by atoms with Gasteiger partial charge in [-0.25, -0.2) is 0 Å². The number of phenols is 2. The number of amides is 1. The van der Waals surface area contributed by atoms with Crippen LogP contribution < -0.4 is 10.1 Å². The number of nitrogens with zero attached hydrogens (tertiary/aromatic N) is 1. The fourth-order valence-electron chi connectivity index (χ4n) is 2.49. The molecule has 0 radical (unpaired) electrons. The van der Waals surface area contributed by atoms with Gasteiger partial charge in [0.05, 0.1) is 20.5 Å². The summed E-state index contributed by atoms with van der Waals surface area (Å²) in [6.45, 7) is 0.281. The number of nitrogens with one attached hydrogen (secondary N) is 1. The molecule has 0 aliphatic carbocycles. The van der Waals surface area contributed by atoms with Gasteiger partial charge in [-0.3, -0.25) is 4.79 Å². The second kappa shape index (κ2) is 10.6. The van der Waals surface area contributed by atoms with E-state index in [1.807, 2.05) is 0 Å². The summed E-state index contributed by atoms with van der Waals surface area (Å²) in [6.07, 6.45) is 0.401. The van der Waals surface area contributed by atoms with Crippen LogP contribution in [0, 0.1) is 0 Å². The van der Waals surface area contributed by atoms with E-state index in [4.69, 9.17) is 4.74 Å². The summed E-state index contributed by atoms with van der Waals surface area (Å²) in [5.74, 6) is -0.168. The minimum Gasteiger partial charge on any atom is -0.506 e. The summed E-state index contributed by atoms with van der Waals surface area (Å²) >= 11 is 13.1. The lowest BCUT2D eigenvalue weighted by Crippen LogP contribution is -2.33. The second-order valence-electron chi connectivity index (χ2n) is 5.85. The number of carbonyl (C=O) groups is 1. The highest BCUT2D eigenvalue weighted by Gasteiger charge is 2.20. The van der Waals surface area contributed by atoms with Crippen LogP contribution in [0.3, 0.4) is 0 Å². The number of hydrogen-bond donors (Lipinski definition) is 4. The van der Waals surface area contributed by atoms with Crippen LogP contribution in [0.25, 0.3) is 0 Å². The smallest absolute Gasteiger partial charge is 0.269 e. The predicted molar refractivity (Wildman–Crippen MR) is 123 cm³/mol. The van der Waals surface area contributed by atoms with Crippen LogP contribution in [0.5, 0.6) is 17.2 Å². The van der Waals surface area contributed by atoms with Crippen molar-refractivity contribution in [2.24, 2.45) is 5.16 Å². The van der Waals surface area contributed by atoms with Gasteiger partial charge in [0, 0.05) is 18.5 Å². The van der Waals surface area contributed by atoms with Gasteiger partial charge in [0.1, 0.15) is 21.7 Å². The molecule has 0 saturated heterocycles. The third-order valence-corrected chi connectivity index (χ3v) is 6.48. The second-order valence-corrected chi connectivity index (χ2v) is 9.21. The van der Waals surface area contributed by atoms with Crippen molar-refractivity contribution in [1.29, 1.82) is 0 Å². The van der Waals surface area contributed by atoms with Gasteiger partial charge in [0.2, 0.25) is 0 Å². The van der Waals surface area contributed by atoms with Gasteiger partial charge in [-0.05, 0) is 93.9 Å². The molecule has 7 nitrogen and oxygen atoms in total. The first-order valence-corrected chi connectivity index (χ1v) is 11.3. The SMILES string of the molecule is COc1c(Br)cc(C/C(=N/O)C(=O)NCCc2cc(Br)c(O)c(Br)c2)c(O)c1Br. The molecule has 0 aromatic heterocycles. The molecule has 0 heterocycles. The Labute approximate surface area is 200 Å². The average Bonchev–Trinajstić information content (AvgIpc) is 2.67. The van der Waals surface area contributed by atoms with Gasteiger partial charge in [-0.2, -0.15) is 0 Å². The van der Waals surface area contributed by atoms with E-state index in [2.05, 4.69) is 74.2 Å². The van der Waals surface area contributed by atoms with Crippen LogP contribution in [0.1, 0.15) is 11.1 Å². The first-order chi connectivity index (χ1) is 13.7. The highest BCUT2D eigenvalue weighted by Crippen LogP contribution is 2.42. The van der Waals surface area contributed by atoms with Gasteiger partial charge >= 0.3 is 0 Å². The monoisotopic (exact) mass is 656 g/mol. The number of methoxy groups -OCH3 is 1. The molecule has 0 spiro atoms. The average molecular weight is 660 g/mol. The van der Waals surface area contributed by atoms with E-state index in [9.17, 15) is 20.2 Å². The number of halogens is 4. The molecular formula is C18H16Br4N2O5. The summed E-state index contributed by atoms with van der Waals surface area (Å²) in [6, 6.07) is 5.08. The Morgan fingerprint density at radius 3 is 2.24 bits per heavy atom. The summed E-state index contributed by atoms with van der Waals surface area (Å²) < 4.78 is 7.15. The maximum Gasteiger partial charge on any atom is 0.269 e. The molecule has 0 aliphatic heterocycles. The van der Waals surface area contributed by atoms with E-state index in [1.165, 1.54) is 7.11 Å². The molecular weight excluding hydrogens is 644 g/mol. The Kier molecular flexibility index (Phi) is 8.80. The fourth-order valence-corrected chi connectivity index (χ4v) is 5.30. The molecule has 4 N–H and O–H groups in total. The fraction of sp³-hybridized carbons (Fsp3) is 0.222. The summed E-state index contributed by atoms with van der Waals surface area (Å²) in [5, 5.41) is 35.1. The van der Waals surface area contributed by atoms with Crippen LogP contribution in [-0.2, 0) is 17.6 Å². The lowest BCUT2D eigenvalue weighted by Gasteiger charge is -2.13. The third-order valence-electron chi connectivity index (χ3n) is 3.95. The summed E-state index contributed by atoms with van der Waals surface area (Å²) in [5.41, 5.74) is 1.10. The van der Waals surface area contributed by atoms with Gasteiger partial charge in [-0.1, -0.05) is 5.16 Å². The van der Waals surface area contributed by atoms with Crippen molar-refractivity contribution >= 4 is 75.3 Å². The first kappa shape index (κ1) is 24.0. The summed E-state index contributed by atoms with van der Waals surface area (Å²) in [7, 11) is 1.46. The molecule has 29 heavy (non-hydrogen) atoms. The number of rotatable bonds is 7. The van der Waals surface area contributed by atoms with Crippen LogP contribution in [0.4, 0.5) is 0 Å². The van der Waals surface area contributed by atoms with Gasteiger partial charge in [-0.15, -0.1) is 0 Å². The number of oxime groups is 1. The van der Waals surface area contributed by atoms with Gasteiger partial charge in [0.15, 0.2) is 5.75 Å². The van der Waals surface area contributed by atoms with E-state index in [0.717, 1.165) is 5.56 Å². The first-order valence-electron chi connectivity index (χ1n) is 8.09. The molecule has 2 aromatic carbocycles. The summed E-state index contributed by atoms with van der Waals surface area (Å²) in [4.78, 5) is 12.4. The molecule has 156 valence electrons. The van der Waals surface area contributed by atoms with Crippen molar-refractivity contribution in [3.8, 4) is 17.2 Å². The van der Waals surface area contributed by atoms with E-state index in [-0.39, 0.29) is 30.2 Å². The van der Waals surface area contributed by atoms with Crippen molar-refractivity contribution in [1.82, 2.24) is 5.32 Å². The standard InChI is InChI=1S/C18H16Br4N2O5/c1-29-17-12(21)6-9(15(25)14(17)22)7-13(24-28)18(27)23-3-2-8-4-10(19)16(26)11(20)5-8/h4-6,25-26,28H,2-3,7H2,1H3,(H,23,27)/b24-13-. The molecule has 1 amide bonds. The van der Waals surface area contributed by atoms with Crippen LogP contribution in [-0.4, -0.2) is 40.7 Å². The van der Waals surface area contributed by atoms with Crippen molar-refractivity contribution in [3.05, 3.63) is 47.2 Å². The van der Waals surface area contributed by atoms with E-state index >= 15 is 0 Å². The number of hydrogen-bond acceptors (Lipinski definition) is 6. The Morgan fingerprint density at radius 1 is 1.07 bits per heavy atom. The van der Waals surface area contributed by atoms with Crippen molar-refractivity contribution < 1.29 is 25.0 Å². The number of carbonyl (C=O) groups excluding carboxylic acids is 1. The number of aromatic hydroxyl groups is 2. The number of ether oxygens (including phenoxy) is 1. The zero-order valence-electron chi connectivity index (χ0n) is 15.0. The van der Waals surface area contributed by atoms with Crippen molar-refractivity contribution in [3.63, 3.8) is 0 Å². The van der Waals surface area contributed by atoms with Gasteiger partial charge < -0.3 is 25.5 Å². The van der Waals surface area contributed by atoms with Crippen molar-refractivity contribution in [2.45, 2.75) is 12.8 Å². The highest BCUT2D eigenvalue weighted by atomic mass is 79.9. The van der Waals surface area contributed by atoms with E-state index < -0.39 is 5.91 Å². The van der Waals surface area contributed by atoms with Crippen LogP contribution >= 0.6 is 63.7 Å².